The fourth-order valence-corrected chi connectivity index (χ4v) is 1.80. The van der Waals surface area contributed by atoms with Crippen LogP contribution in [0.25, 0.3) is 0 Å². The molecule has 0 spiro atoms. The van der Waals surface area contributed by atoms with Gasteiger partial charge in [0, 0.05) is 13.5 Å². The topological polar surface area (TPSA) is 46.3 Å². The largest absolute Gasteiger partial charge is 0.284 e. The average Bonchev–Trinajstić information content (AvgIpc) is 2.51. The molecule has 1 rings (SSSR count). The first-order chi connectivity index (χ1) is 5.70. The molecule has 0 aromatic carbocycles. The average molecular weight is 170 g/mol. The number of amides is 1. The van der Waals surface area contributed by atoms with Crippen molar-refractivity contribution in [1.29, 1.82) is 0 Å². The fraction of sp³-hybridized carbons (Fsp3) is 0.889. The summed E-state index contributed by atoms with van der Waals surface area (Å²) in [5.41, 5.74) is 0. The molecule has 0 atom stereocenters. The molecule has 0 unspecified atom stereocenters. The summed E-state index contributed by atoms with van der Waals surface area (Å²) in [6, 6.07) is 0. The zero-order valence-corrected chi connectivity index (χ0v) is 7.75. The van der Waals surface area contributed by atoms with Gasteiger partial charge in [-0.05, 0) is 12.3 Å². The van der Waals surface area contributed by atoms with Crippen LogP contribution in [0.5, 0.6) is 0 Å². The Kier molecular flexibility index (Phi) is 3.53. The van der Waals surface area contributed by atoms with Crippen LogP contribution in [0.15, 0.2) is 0 Å². The van der Waals surface area contributed by atoms with Crippen molar-refractivity contribution in [3.05, 3.63) is 0 Å². The van der Waals surface area contributed by atoms with E-state index in [1.807, 2.05) is 0 Å². The number of nitrogens with zero attached hydrogens (tertiary/aromatic N) is 1. The maximum absolute atomic E-state index is 11.1. The molecule has 70 valence electrons. The van der Waals surface area contributed by atoms with Gasteiger partial charge in [-0.2, -0.15) is 0 Å². The van der Waals surface area contributed by atoms with Crippen LogP contribution < -0.4 is 5.84 Å². The molecule has 3 heteroatoms. The van der Waals surface area contributed by atoms with E-state index in [-0.39, 0.29) is 5.91 Å². The zero-order valence-electron chi connectivity index (χ0n) is 7.75. The second kappa shape index (κ2) is 4.45. The predicted molar refractivity (Wildman–Crippen MR) is 48.1 cm³/mol. The van der Waals surface area contributed by atoms with Gasteiger partial charge < -0.3 is 0 Å². The molecule has 0 aliphatic heterocycles. The Morgan fingerprint density at radius 3 is 2.58 bits per heavy atom. The lowest BCUT2D eigenvalue weighted by Crippen LogP contribution is -2.33. The third-order valence-corrected chi connectivity index (χ3v) is 2.63. The first-order valence-electron chi connectivity index (χ1n) is 4.71. The Balaban J connectivity index is 2.12. The standard InChI is InChI=1S/C9H18N2O/c1-11(10)9(12)7-6-8-4-2-3-5-8/h8H,2-7,10H2,1H3. The molecule has 0 aromatic heterocycles. The summed E-state index contributed by atoms with van der Waals surface area (Å²) in [6.07, 6.45) is 6.95. The van der Waals surface area contributed by atoms with E-state index >= 15 is 0 Å². The van der Waals surface area contributed by atoms with Gasteiger partial charge in [0.2, 0.25) is 5.91 Å². The van der Waals surface area contributed by atoms with Crippen LogP contribution in [-0.4, -0.2) is 18.0 Å². The number of carbonyl (C=O) groups is 1. The Morgan fingerprint density at radius 2 is 2.08 bits per heavy atom. The molecule has 1 aliphatic carbocycles. The van der Waals surface area contributed by atoms with E-state index in [9.17, 15) is 4.79 Å². The van der Waals surface area contributed by atoms with Crippen LogP contribution in [0.3, 0.4) is 0 Å². The van der Waals surface area contributed by atoms with E-state index in [0.29, 0.717) is 6.42 Å². The van der Waals surface area contributed by atoms with Gasteiger partial charge in [0.1, 0.15) is 0 Å². The molecule has 0 radical (unpaired) electrons. The van der Waals surface area contributed by atoms with Crippen LogP contribution >= 0.6 is 0 Å². The number of nitrogens with two attached hydrogens (primary N) is 1. The molecule has 1 saturated carbocycles. The highest BCUT2D eigenvalue weighted by atomic mass is 16.2. The maximum Gasteiger partial charge on any atom is 0.236 e. The summed E-state index contributed by atoms with van der Waals surface area (Å²) < 4.78 is 0. The summed E-state index contributed by atoms with van der Waals surface area (Å²) in [5.74, 6) is 6.15. The van der Waals surface area contributed by atoms with Crippen molar-refractivity contribution in [2.24, 2.45) is 11.8 Å². The van der Waals surface area contributed by atoms with Crippen LogP contribution in [0, 0.1) is 5.92 Å². The normalized spacial score (nSPS) is 18.2. The van der Waals surface area contributed by atoms with E-state index in [4.69, 9.17) is 5.84 Å². The van der Waals surface area contributed by atoms with Crippen molar-refractivity contribution < 1.29 is 4.79 Å². The number of hydrogen-bond acceptors (Lipinski definition) is 2. The Morgan fingerprint density at radius 1 is 1.50 bits per heavy atom. The molecular weight excluding hydrogens is 152 g/mol. The van der Waals surface area contributed by atoms with E-state index < -0.39 is 0 Å². The Labute approximate surface area is 73.9 Å². The SMILES string of the molecule is CN(N)C(=O)CCC1CCCC1. The first-order valence-corrected chi connectivity index (χ1v) is 4.71. The molecular formula is C9H18N2O. The van der Waals surface area contributed by atoms with Crippen molar-refractivity contribution >= 4 is 5.91 Å². The van der Waals surface area contributed by atoms with Crippen LogP contribution in [-0.2, 0) is 4.79 Å². The summed E-state index contributed by atoms with van der Waals surface area (Å²) in [4.78, 5) is 11.1. The summed E-state index contributed by atoms with van der Waals surface area (Å²) in [6.45, 7) is 0. The Bertz CT molecular complexity index is 151. The van der Waals surface area contributed by atoms with Crippen molar-refractivity contribution in [2.45, 2.75) is 38.5 Å². The third kappa shape index (κ3) is 2.81. The monoisotopic (exact) mass is 170 g/mol. The van der Waals surface area contributed by atoms with Crippen molar-refractivity contribution in [3.63, 3.8) is 0 Å². The lowest BCUT2D eigenvalue weighted by molar-refractivity contribution is -0.130. The molecule has 0 heterocycles. The lowest BCUT2D eigenvalue weighted by Gasteiger charge is -2.12. The highest BCUT2D eigenvalue weighted by molar-refractivity contribution is 5.75. The predicted octanol–water partition coefficient (Wildman–Crippen LogP) is 1.29. The molecule has 2 N–H and O–H groups in total. The molecule has 3 nitrogen and oxygen atoms in total. The fourth-order valence-electron chi connectivity index (χ4n) is 1.80. The van der Waals surface area contributed by atoms with Crippen LogP contribution in [0.4, 0.5) is 0 Å². The minimum Gasteiger partial charge on any atom is -0.284 e. The molecule has 12 heavy (non-hydrogen) atoms. The van der Waals surface area contributed by atoms with Gasteiger partial charge in [-0.3, -0.25) is 9.80 Å². The minimum atomic E-state index is 0.0573. The van der Waals surface area contributed by atoms with Gasteiger partial charge in [0.15, 0.2) is 0 Å². The number of hydrazine groups is 1. The van der Waals surface area contributed by atoms with Crippen molar-refractivity contribution in [3.8, 4) is 0 Å². The number of carbonyl (C=O) groups excluding carboxylic acids is 1. The van der Waals surface area contributed by atoms with Crippen molar-refractivity contribution in [2.75, 3.05) is 7.05 Å². The van der Waals surface area contributed by atoms with Crippen LogP contribution in [0.2, 0.25) is 0 Å². The summed E-state index contributed by atoms with van der Waals surface area (Å²) in [7, 11) is 1.61. The Hall–Kier alpha value is -0.570. The number of hydrogen-bond donors (Lipinski definition) is 1. The lowest BCUT2D eigenvalue weighted by atomic mass is 10.0. The second-order valence-electron chi connectivity index (χ2n) is 3.69. The van der Waals surface area contributed by atoms with Crippen LogP contribution in [0.1, 0.15) is 38.5 Å². The first kappa shape index (κ1) is 9.52. The quantitative estimate of drug-likeness (QED) is 0.394. The maximum atomic E-state index is 11.1. The minimum absolute atomic E-state index is 0.0573. The smallest absolute Gasteiger partial charge is 0.236 e. The highest BCUT2D eigenvalue weighted by Crippen LogP contribution is 2.28. The van der Waals surface area contributed by atoms with E-state index in [1.165, 1.54) is 30.7 Å². The molecule has 0 bridgehead atoms. The van der Waals surface area contributed by atoms with E-state index in [0.717, 1.165) is 12.3 Å². The molecule has 1 fully saturated rings. The van der Waals surface area contributed by atoms with Crippen molar-refractivity contribution in [1.82, 2.24) is 5.01 Å². The van der Waals surface area contributed by atoms with Gasteiger partial charge in [-0.25, -0.2) is 5.84 Å². The molecule has 1 aliphatic rings. The van der Waals surface area contributed by atoms with E-state index in [2.05, 4.69) is 0 Å². The molecule has 0 saturated heterocycles. The van der Waals surface area contributed by atoms with Gasteiger partial charge in [0.05, 0.1) is 0 Å². The van der Waals surface area contributed by atoms with Gasteiger partial charge in [-0.1, -0.05) is 25.7 Å². The third-order valence-electron chi connectivity index (χ3n) is 2.63. The van der Waals surface area contributed by atoms with Gasteiger partial charge in [-0.15, -0.1) is 0 Å². The molecule has 0 aromatic rings. The van der Waals surface area contributed by atoms with E-state index in [1.54, 1.807) is 7.05 Å². The second-order valence-corrected chi connectivity index (χ2v) is 3.69. The number of rotatable bonds is 3. The van der Waals surface area contributed by atoms with Gasteiger partial charge in [0.25, 0.3) is 0 Å². The summed E-state index contributed by atoms with van der Waals surface area (Å²) in [5, 5.41) is 1.19. The highest BCUT2D eigenvalue weighted by Gasteiger charge is 2.16. The molecule has 1 amide bonds. The summed E-state index contributed by atoms with van der Waals surface area (Å²) >= 11 is 0. The van der Waals surface area contributed by atoms with Gasteiger partial charge >= 0.3 is 0 Å². The zero-order chi connectivity index (χ0) is 8.97.